The Morgan fingerprint density at radius 3 is 2.24 bits per heavy atom. The third kappa shape index (κ3) is 2.41. The van der Waals surface area contributed by atoms with Gasteiger partial charge < -0.3 is 0 Å². The smallest absolute Gasteiger partial charge is 0.239 e. The van der Waals surface area contributed by atoms with Crippen LogP contribution >= 0.6 is 0 Å². The van der Waals surface area contributed by atoms with Gasteiger partial charge in [0.25, 0.3) is 0 Å². The Morgan fingerprint density at radius 1 is 1.29 bits per heavy atom. The lowest BCUT2D eigenvalue weighted by molar-refractivity contribution is -0.127. The molecule has 2 aliphatic carbocycles. The molecule has 1 N–H and O–H groups in total. The monoisotopic (exact) mass is 315 g/mol. The molecule has 2 saturated carbocycles. The van der Waals surface area contributed by atoms with Crippen molar-refractivity contribution in [2.24, 2.45) is 22.2 Å². The number of hydrogen-bond donors (Lipinski definition) is 1. The Balaban J connectivity index is 2.22. The molecule has 1 amide bonds. The van der Waals surface area contributed by atoms with Gasteiger partial charge in [-0.2, -0.15) is 0 Å². The molecular weight excluding hydrogens is 286 g/mol. The van der Waals surface area contributed by atoms with E-state index in [1.54, 1.807) is 13.8 Å². The van der Waals surface area contributed by atoms with Crippen molar-refractivity contribution in [1.29, 1.82) is 0 Å². The molecule has 0 aromatic heterocycles. The van der Waals surface area contributed by atoms with Crippen molar-refractivity contribution < 1.29 is 13.2 Å². The molecule has 3 atom stereocenters. The topological polar surface area (TPSA) is 63.2 Å². The molecule has 2 aliphatic rings. The van der Waals surface area contributed by atoms with E-state index in [-0.39, 0.29) is 22.7 Å². The van der Waals surface area contributed by atoms with E-state index in [4.69, 9.17) is 0 Å². The SMILES string of the molecule is CCC(C)(C)C(=O)NS(=O)(=O)C1CC2(C)CCC1C2(C)C. The fourth-order valence-corrected chi connectivity index (χ4v) is 6.22. The minimum Gasteiger partial charge on any atom is -0.273 e. The fraction of sp³-hybridized carbons (Fsp3) is 0.938. The molecular formula is C16H29NO3S. The highest BCUT2D eigenvalue weighted by Gasteiger charge is 2.63. The van der Waals surface area contributed by atoms with E-state index in [9.17, 15) is 13.2 Å². The van der Waals surface area contributed by atoms with Gasteiger partial charge in [0.15, 0.2) is 0 Å². The van der Waals surface area contributed by atoms with E-state index >= 15 is 0 Å². The summed E-state index contributed by atoms with van der Waals surface area (Å²) < 4.78 is 27.8. The molecule has 0 aromatic rings. The van der Waals surface area contributed by atoms with E-state index in [1.165, 1.54) is 0 Å². The first-order valence-electron chi connectivity index (χ1n) is 7.93. The number of fused-ring (bicyclic) bond motifs is 2. The predicted molar refractivity (Wildman–Crippen MR) is 84.2 cm³/mol. The Bertz CT molecular complexity index is 547. The van der Waals surface area contributed by atoms with Crippen LogP contribution in [0.2, 0.25) is 0 Å². The zero-order valence-corrected chi connectivity index (χ0v) is 14.9. The first-order valence-corrected chi connectivity index (χ1v) is 9.48. The molecule has 0 heterocycles. The molecule has 122 valence electrons. The number of rotatable bonds is 4. The van der Waals surface area contributed by atoms with Gasteiger partial charge in [0.05, 0.1) is 5.25 Å². The second kappa shape index (κ2) is 4.71. The normalized spacial score (nSPS) is 35.0. The van der Waals surface area contributed by atoms with Gasteiger partial charge in [-0.15, -0.1) is 0 Å². The summed E-state index contributed by atoms with van der Waals surface area (Å²) in [4.78, 5) is 12.2. The fourth-order valence-electron chi connectivity index (χ4n) is 4.04. The van der Waals surface area contributed by atoms with Crippen molar-refractivity contribution in [1.82, 2.24) is 4.72 Å². The maximum Gasteiger partial charge on any atom is 0.239 e. The van der Waals surface area contributed by atoms with Crippen LogP contribution in [0.3, 0.4) is 0 Å². The molecule has 5 heteroatoms. The van der Waals surface area contributed by atoms with Gasteiger partial charge in [0, 0.05) is 5.41 Å². The van der Waals surface area contributed by atoms with Gasteiger partial charge in [-0.25, -0.2) is 8.42 Å². The molecule has 0 spiro atoms. The molecule has 0 radical (unpaired) electrons. The van der Waals surface area contributed by atoms with E-state index in [0.29, 0.717) is 12.8 Å². The number of carbonyl (C=O) groups excluding carboxylic acids is 1. The van der Waals surface area contributed by atoms with Gasteiger partial charge in [-0.3, -0.25) is 9.52 Å². The molecule has 2 rings (SSSR count). The van der Waals surface area contributed by atoms with Crippen LogP contribution in [0.5, 0.6) is 0 Å². The molecule has 4 nitrogen and oxygen atoms in total. The van der Waals surface area contributed by atoms with Crippen molar-refractivity contribution in [3.05, 3.63) is 0 Å². The average Bonchev–Trinajstić information content (AvgIpc) is 2.70. The molecule has 0 aromatic carbocycles. The van der Waals surface area contributed by atoms with Crippen molar-refractivity contribution >= 4 is 15.9 Å². The summed E-state index contributed by atoms with van der Waals surface area (Å²) in [5.41, 5.74) is -0.555. The molecule has 0 aliphatic heterocycles. The Labute approximate surface area is 129 Å². The van der Waals surface area contributed by atoms with Gasteiger partial charge >= 0.3 is 0 Å². The summed E-state index contributed by atoms with van der Waals surface area (Å²) in [6.07, 6.45) is 3.32. The van der Waals surface area contributed by atoms with Crippen LogP contribution in [0.25, 0.3) is 0 Å². The standard InChI is InChI=1S/C16H29NO3S/c1-7-14(2,3)13(18)17-21(19,20)12-10-16(6)9-8-11(12)15(16,4)5/h11-12H,7-10H2,1-6H3,(H,17,18). The van der Waals surface area contributed by atoms with Crippen LogP contribution in [0.15, 0.2) is 0 Å². The van der Waals surface area contributed by atoms with E-state index in [0.717, 1.165) is 12.8 Å². The lowest BCUT2D eigenvalue weighted by atomic mass is 9.71. The van der Waals surface area contributed by atoms with E-state index in [2.05, 4.69) is 25.5 Å². The lowest BCUT2D eigenvalue weighted by Gasteiger charge is -2.33. The van der Waals surface area contributed by atoms with Gasteiger partial charge in [-0.05, 0) is 42.4 Å². The maximum absolute atomic E-state index is 12.7. The van der Waals surface area contributed by atoms with E-state index < -0.39 is 20.7 Å². The van der Waals surface area contributed by atoms with Crippen molar-refractivity contribution in [2.45, 2.75) is 72.5 Å². The van der Waals surface area contributed by atoms with Gasteiger partial charge in [0.2, 0.25) is 15.9 Å². The Kier molecular flexibility index (Phi) is 3.76. The predicted octanol–water partition coefficient (Wildman–Crippen LogP) is 3.08. The highest BCUT2D eigenvalue weighted by atomic mass is 32.2. The van der Waals surface area contributed by atoms with E-state index in [1.807, 2.05) is 6.92 Å². The van der Waals surface area contributed by atoms with Crippen molar-refractivity contribution in [3.8, 4) is 0 Å². The summed E-state index contributed by atoms with van der Waals surface area (Å²) in [6.45, 7) is 12.0. The van der Waals surface area contributed by atoms with Crippen LogP contribution in [0.1, 0.15) is 67.2 Å². The average molecular weight is 315 g/mol. The zero-order valence-electron chi connectivity index (χ0n) is 14.1. The van der Waals surface area contributed by atoms with Gasteiger partial charge in [-0.1, -0.05) is 41.5 Å². The van der Waals surface area contributed by atoms with Crippen molar-refractivity contribution in [3.63, 3.8) is 0 Å². The van der Waals surface area contributed by atoms with Crippen molar-refractivity contribution in [2.75, 3.05) is 0 Å². The number of carbonyl (C=O) groups is 1. The third-order valence-electron chi connectivity index (χ3n) is 6.72. The van der Waals surface area contributed by atoms with Crippen LogP contribution in [-0.4, -0.2) is 19.6 Å². The van der Waals surface area contributed by atoms with Crippen LogP contribution in [0, 0.1) is 22.2 Å². The summed E-state index contributed by atoms with van der Waals surface area (Å²) in [5, 5.41) is -0.428. The molecule has 3 unspecified atom stereocenters. The molecule has 0 saturated heterocycles. The first-order chi connectivity index (χ1) is 9.37. The second-order valence-electron chi connectivity index (χ2n) is 8.38. The van der Waals surface area contributed by atoms with Crippen LogP contribution in [0.4, 0.5) is 0 Å². The summed E-state index contributed by atoms with van der Waals surface area (Å²) in [7, 11) is -3.59. The Hall–Kier alpha value is -0.580. The third-order valence-corrected chi connectivity index (χ3v) is 8.48. The highest BCUT2D eigenvalue weighted by molar-refractivity contribution is 7.90. The molecule has 2 fully saturated rings. The summed E-state index contributed by atoms with van der Waals surface area (Å²) in [6, 6.07) is 0. The second-order valence-corrected chi connectivity index (χ2v) is 10.3. The minimum atomic E-state index is -3.59. The first kappa shape index (κ1) is 16.8. The number of hydrogen-bond acceptors (Lipinski definition) is 3. The molecule has 21 heavy (non-hydrogen) atoms. The minimum absolute atomic E-state index is 0.0236. The Morgan fingerprint density at radius 2 is 1.86 bits per heavy atom. The number of amides is 1. The maximum atomic E-state index is 12.7. The van der Waals surface area contributed by atoms with Gasteiger partial charge in [0.1, 0.15) is 0 Å². The number of nitrogens with one attached hydrogen (secondary N) is 1. The molecule has 2 bridgehead atoms. The summed E-state index contributed by atoms with van der Waals surface area (Å²) in [5.74, 6) is -0.228. The highest BCUT2D eigenvalue weighted by Crippen LogP contribution is 2.66. The van der Waals surface area contributed by atoms with Crippen LogP contribution in [-0.2, 0) is 14.8 Å². The zero-order chi connectivity index (χ0) is 16.3. The largest absolute Gasteiger partial charge is 0.273 e. The lowest BCUT2D eigenvalue weighted by Crippen LogP contribution is -2.46. The number of sulfonamides is 1. The van der Waals surface area contributed by atoms with Crippen LogP contribution < -0.4 is 4.72 Å². The summed E-state index contributed by atoms with van der Waals surface area (Å²) >= 11 is 0. The quantitative estimate of drug-likeness (QED) is 0.867.